The summed E-state index contributed by atoms with van der Waals surface area (Å²) >= 11 is 0. The van der Waals surface area contributed by atoms with Gasteiger partial charge in [0.1, 0.15) is 29.2 Å². The number of methoxy groups -OCH3 is 1. The van der Waals surface area contributed by atoms with Crippen LogP contribution in [0.1, 0.15) is 46.5 Å². The molecule has 50 heavy (non-hydrogen) atoms. The summed E-state index contributed by atoms with van der Waals surface area (Å²) in [7, 11) is -0.562. The predicted molar refractivity (Wildman–Crippen MR) is 190 cm³/mol. The third-order valence-electron chi connectivity index (χ3n) is 9.84. The lowest BCUT2D eigenvalue weighted by atomic mass is 9.86. The number of aromatic nitrogens is 1. The number of amides is 3. The highest BCUT2D eigenvalue weighted by molar-refractivity contribution is 7.91. The van der Waals surface area contributed by atoms with Crippen LogP contribution in [0.25, 0.3) is 22.2 Å². The third kappa shape index (κ3) is 6.93. The Hall–Kier alpha value is -4.49. The van der Waals surface area contributed by atoms with Crippen molar-refractivity contribution in [3.8, 4) is 22.8 Å². The summed E-state index contributed by atoms with van der Waals surface area (Å²) in [5, 5.41) is 6.09. The standard InChI is InChI=1S/C37H45N5O7S/c1-7-23-20-37(23,35(45)41-50(46,47)26-14-15-26)40-33(43)30-18-25(21-42(30)34(44)32(38-5)36(2,3)4)49-31-19-28(22-11-9-8-10-12-22)39-29-17-24(48-6)13-16-27(29)31/h7-13,16-17,19,23,25-26,30,32,38H,1,14-15,18,20-21H2,2-6H3,(H,40,43)(H,41,45)/t23?,25?,30?,32-,37-/m1/s1. The van der Waals surface area contributed by atoms with Crippen LogP contribution in [0.2, 0.25) is 0 Å². The fourth-order valence-corrected chi connectivity index (χ4v) is 8.19. The van der Waals surface area contributed by atoms with Gasteiger partial charge >= 0.3 is 0 Å². The predicted octanol–water partition coefficient (Wildman–Crippen LogP) is 3.56. The van der Waals surface area contributed by atoms with E-state index in [0.717, 1.165) is 10.9 Å². The highest BCUT2D eigenvalue weighted by atomic mass is 32.2. The number of nitrogens with one attached hydrogen (secondary N) is 3. The van der Waals surface area contributed by atoms with Crippen LogP contribution in [0.3, 0.4) is 0 Å². The van der Waals surface area contributed by atoms with Crippen molar-refractivity contribution in [1.29, 1.82) is 0 Å². The summed E-state index contributed by atoms with van der Waals surface area (Å²) in [6.07, 6.45) is 2.25. The third-order valence-corrected chi connectivity index (χ3v) is 11.7. The fourth-order valence-electron chi connectivity index (χ4n) is 6.82. The van der Waals surface area contributed by atoms with Crippen LogP contribution in [0, 0.1) is 11.3 Å². The molecule has 3 fully saturated rings. The van der Waals surface area contributed by atoms with E-state index in [1.54, 1.807) is 14.2 Å². The first-order valence-electron chi connectivity index (χ1n) is 16.9. The van der Waals surface area contributed by atoms with E-state index in [9.17, 15) is 22.8 Å². The quantitative estimate of drug-likeness (QED) is 0.240. The van der Waals surface area contributed by atoms with Gasteiger partial charge in [-0.1, -0.05) is 57.2 Å². The molecule has 5 atom stereocenters. The number of benzene rings is 2. The summed E-state index contributed by atoms with van der Waals surface area (Å²) in [5.74, 6) is -0.934. The van der Waals surface area contributed by atoms with Gasteiger partial charge in [0.15, 0.2) is 0 Å². The molecule has 1 aliphatic heterocycles. The van der Waals surface area contributed by atoms with E-state index in [2.05, 4.69) is 21.9 Å². The molecular formula is C37H45N5O7S. The lowest BCUT2D eigenvalue weighted by Crippen LogP contribution is -2.59. The van der Waals surface area contributed by atoms with Crippen molar-refractivity contribution in [2.75, 3.05) is 20.7 Å². The molecule has 6 rings (SSSR count). The molecular weight excluding hydrogens is 659 g/mol. The largest absolute Gasteiger partial charge is 0.497 e. The van der Waals surface area contributed by atoms with Crippen molar-refractivity contribution in [2.45, 2.75) is 75.4 Å². The van der Waals surface area contributed by atoms with Crippen molar-refractivity contribution in [3.05, 3.63) is 67.3 Å². The van der Waals surface area contributed by atoms with Crippen LogP contribution in [-0.4, -0.2) is 85.7 Å². The summed E-state index contributed by atoms with van der Waals surface area (Å²) < 4.78 is 39.6. The number of rotatable bonds is 12. The number of ether oxygens (including phenoxy) is 2. The number of sulfonamides is 1. The number of pyridine rings is 1. The first-order valence-corrected chi connectivity index (χ1v) is 18.4. The zero-order valence-corrected chi connectivity index (χ0v) is 29.9. The van der Waals surface area contributed by atoms with Gasteiger partial charge in [-0.15, -0.1) is 6.58 Å². The van der Waals surface area contributed by atoms with E-state index in [-0.39, 0.29) is 25.3 Å². The van der Waals surface area contributed by atoms with E-state index in [0.29, 0.717) is 35.6 Å². The number of hydrogen-bond acceptors (Lipinski definition) is 9. The molecule has 3 unspecified atom stereocenters. The van der Waals surface area contributed by atoms with Gasteiger partial charge in [0.25, 0.3) is 5.91 Å². The molecule has 3 aliphatic rings. The molecule has 3 N–H and O–H groups in total. The zero-order valence-electron chi connectivity index (χ0n) is 29.1. The normalized spacial score (nSPS) is 23.9. The second-order valence-electron chi connectivity index (χ2n) is 14.5. The van der Waals surface area contributed by atoms with Crippen LogP contribution in [0.5, 0.6) is 11.5 Å². The Morgan fingerprint density at radius 3 is 2.42 bits per heavy atom. The Morgan fingerprint density at radius 1 is 1.10 bits per heavy atom. The Balaban J connectivity index is 1.32. The van der Waals surface area contributed by atoms with E-state index in [1.807, 2.05) is 75.4 Å². The smallest absolute Gasteiger partial charge is 0.259 e. The molecule has 1 aromatic heterocycles. The van der Waals surface area contributed by atoms with Crippen LogP contribution >= 0.6 is 0 Å². The van der Waals surface area contributed by atoms with Crippen molar-refractivity contribution >= 4 is 38.6 Å². The topological polar surface area (TPSA) is 156 Å². The molecule has 1 saturated heterocycles. The second-order valence-corrected chi connectivity index (χ2v) is 16.5. The molecule has 2 saturated carbocycles. The molecule has 13 heteroatoms. The minimum absolute atomic E-state index is 0.103. The maximum Gasteiger partial charge on any atom is 0.259 e. The Labute approximate surface area is 293 Å². The zero-order chi connectivity index (χ0) is 36.0. The number of carbonyl (C=O) groups excluding carboxylic acids is 3. The lowest BCUT2D eigenvalue weighted by Gasteiger charge is -2.35. The average molecular weight is 704 g/mol. The van der Waals surface area contributed by atoms with Gasteiger partial charge in [-0.3, -0.25) is 19.1 Å². The average Bonchev–Trinajstić information content (AvgIpc) is 4.01. The monoisotopic (exact) mass is 703 g/mol. The molecule has 2 aliphatic carbocycles. The Bertz CT molecular complexity index is 1930. The number of nitrogens with zero attached hydrogens (tertiary/aromatic N) is 2. The van der Waals surface area contributed by atoms with E-state index < -0.39 is 62.1 Å². The molecule has 3 aromatic rings. The molecule has 266 valence electrons. The number of hydrogen-bond donors (Lipinski definition) is 3. The number of likely N-dealkylation sites (N-methyl/N-ethyl adjacent to an activating group) is 1. The number of fused-ring (bicyclic) bond motifs is 1. The molecule has 0 bridgehead atoms. The van der Waals surface area contributed by atoms with Crippen LogP contribution < -0.4 is 24.8 Å². The first-order chi connectivity index (χ1) is 23.7. The molecule has 12 nitrogen and oxygen atoms in total. The van der Waals surface area contributed by atoms with Crippen molar-refractivity contribution in [3.63, 3.8) is 0 Å². The van der Waals surface area contributed by atoms with Gasteiger partial charge in [-0.25, -0.2) is 13.4 Å². The first kappa shape index (κ1) is 35.3. The Kier molecular flexibility index (Phi) is 9.42. The van der Waals surface area contributed by atoms with Gasteiger partial charge in [0, 0.05) is 35.4 Å². The SMILES string of the molecule is C=CC1C[C@]1(NC(=O)C1CC(Oc2cc(-c3ccccc3)nc3cc(OC)ccc23)CN1C(=O)[C@@H](NC)C(C)(C)C)C(=O)NS(=O)(=O)C1CC1. The Morgan fingerprint density at radius 2 is 1.82 bits per heavy atom. The van der Waals surface area contributed by atoms with Crippen LogP contribution in [0.4, 0.5) is 0 Å². The van der Waals surface area contributed by atoms with Crippen molar-refractivity contribution < 1.29 is 32.3 Å². The second kappa shape index (κ2) is 13.3. The van der Waals surface area contributed by atoms with Crippen molar-refractivity contribution in [1.82, 2.24) is 25.2 Å². The fraction of sp³-hybridized carbons (Fsp3) is 0.459. The van der Waals surface area contributed by atoms with Gasteiger partial charge in [-0.05, 0) is 43.9 Å². The van der Waals surface area contributed by atoms with Gasteiger partial charge in [-0.2, -0.15) is 0 Å². The number of carbonyl (C=O) groups is 3. The molecule has 2 heterocycles. The molecule has 0 spiro atoms. The van der Waals surface area contributed by atoms with Crippen molar-refractivity contribution in [2.24, 2.45) is 11.3 Å². The minimum atomic E-state index is -3.85. The minimum Gasteiger partial charge on any atom is -0.497 e. The van der Waals surface area contributed by atoms with Crippen LogP contribution in [-0.2, 0) is 24.4 Å². The van der Waals surface area contributed by atoms with Gasteiger partial charge in [0.2, 0.25) is 21.8 Å². The van der Waals surface area contributed by atoms with E-state index >= 15 is 0 Å². The molecule has 3 amide bonds. The molecule has 0 radical (unpaired) electrons. The number of likely N-dealkylation sites (tertiary alicyclic amines) is 1. The van der Waals surface area contributed by atoms with Gasteiger partial charge < -0.3 is 25.0 Å². The lowest BCUT2D eigenvalue weighted by molar-refractivity contribution is -0.142. The van der Waals surface area contributed by atoms with E-state index in [4.69, 9.17) is 14.5 Å². The summed E-state index contributed by atoms with van der Waals surface area (Å²) in [6.45, 7) is 9.70. The highest BCUT2D eigenvalue weighted by Crippen LogP contribution is 2.46. The molecule has 2 aromatic carbocycles. The van der Waals surface area contributed by atoms with Gasteiger partial charge in [0.05, 0.1) is 36.2 Å². The summed E-state index contributed by atoms with van der Waals surface area (Å²) in [6, 6.07) is 15.4. The summed E-state index contributed by atoms with van der Waals surface area (Å²) in [4.78, 5) is 48.2. The van der Waals surface area contributed by atoms with E-state index in [1.165, 1.54) is 11.0 Å². The maximum atomic E-state index is 14.2. The summed E-state index contributed by atoms with van der Waals surface area (Å²) in [5.41, 5.74) is 0.258. The highest BCUT2D eigenvalue weighted by Gasteiger charge is 2.62. The van der Waals surface area contributed by atoms with Crippen LogP contribution in [0.15, 0.2) is 67.3 Å². The maximum absolute atomic E-state index is 14.2.